The van der Waals surface area contributed by atoms with Crippen molar-refractivity contribution >= 4 is 23.4 Å². The number of hydrogen-bond acceptors (Lipinski definition) is 11. The second kappa shape index (κ2) is 17.1. The van der Waals surface area contributed by atoms with E-state index in [0.717, 1.165) is 49.7 Å². The van der Waals surface area contributed by atoms with Crippen molar-refractivity contribution < 1.29 is 49.4 Å². The number of ketones is 1. The number of esters is 2. The summed E-state index contributed by atoms with van der Waals surface area (Å²) in [5.41, 5.74) is 3.35. The molecule has 13 unspecified atom stereocenters. The van der Waals surface area contributed by atoms with Crippen molar-refractivity contribution in [3.05, 3.63) is 99.6 Å². The van der Waals surface area contributed by atoms with Crippen LogP contribution >= 0.6 is 0 Å². The molecule has 64 heavy (non-hydrogen) atoms. The lowest BCUT2D eigenvalue weighted by atomic mass is 9.40. The van der Waals surface area contributed by atoms with E-state index < -0.39 is 47.7 Å². The van der Waals surface area contributed by atoms with Crippen LogP contribution in [0.15, 0.2) is 66.2 Å². The van der Waals surface area contributed by atoms with Gasteiger partial charge in [0.2, 0.25) is 0 Å². The van der Waals surface area contributed by atoms with E-state index in [9.17, 15) is 35.1 Å². The number of nitrogens with one attached hydrogen (secondary N) is 1. The molecule has 4 aliphatic carbocycles. The summed E-state index contributed by atoms with van der Waals surface area (Å²) in [6, 6.07) is 16.7. The van der Waals surface area contributed by atoms with Gasteiger partial charge in [0.05, 0.1) is 31.2 Å². The number of fused-ring (bicyclic) bond motifs is 10. The van der Waals surface area contributed by atoms with Crippen LogP contribution in [0.4, 0.5) is 5.69 Å². The number of aliphatic hydroxyl groups excluding tert-OH is 3. The minimum atomic E-state index is -1.57. The Bertz CT molecular complexity index is 2450. The molecular formula is C53H59NO10. The minimum absolute atomic E-state index is 0.0228. The molecule has 0 spiro atoms. The highest BCUT2D eigenvalue weighted by Gasteiger charge is 2.68. The van der Waals surface area contributed by atoms with Crippen molar-refractivity contribution in [2.24, 2.45) is 41.4 Å². The zero-order chi connectivity index (χ0) is 44.4. The highest BCUT2D eigenvalue weighted by Crippen LogP contribution is 2.66. The molecule has 11 nitrogen and oxygen atoms in total. The van der Waals surface area contributed by atoms with E-state index in [0.29, 0.717) is 40.8 Å². The molecule has 10 rings (SSSR count). The summed E-state index contributed by atoms with van der Waals surface area (Å²) in [5.74, 6) is 3.68. The second-order valence-corrected chi connectivity index (χ2v) is 20.1. The number of phenols is 1. The second-order valence-electron chi connectivity index (χ2n) is 20.1. The fraction of sp³-hybridized carbons (Fsp3) is 0.528. The van der Waals surface area contributed by atoms with Crippen molar-refractivity contribution in [3.63, 3.8) is 0 Å². The van der Waals surface area contributed by atoms with Gasteiger partial charge in [0.25, 0.3) is 0 Å². The number of hydrogen-bond donors (Lipinski definition) is 6. The van der Waals surface area contributed by atoms with E-state index in [4.69, 9.17) is 9.47 Å². The van der Waals surface area contributed by atoms with Crippen LogP contribution in [-0.2, 0) is 45.0 Å². The van der Waals surface area contributed by atoms with Crippen LogP contribution in [0.5, 0.6) is 11.5 Å². The number of rotatable bonds is 5. The Morgan fingerprint density at radius 3 is 2.48 bits per heavy atom. The maximum Gasteiger partial charge on any atom is 0.334 e. The first-order valence-corrected chi connectivity index (χ1v) is 23.5. The van der Waals surface area contributed by atoms with Crippen LogP contribution in [-0.4, -0.2) is 73.7 Å². The number of aliphatic hydroxyl groups is 4. The molecule has 12 bridgehead atoms. The normalized spacial score (nSPS) is 34.7. The van der Waals surface area contributed by atoms with E-state index in [1.54, 1.807) is 19.1 Å². The van der Waals surface area contributed by atoms with Crippen LogP contribution in [0.2, 0.25) is 0 Å². The Kier molecular flexibility index (Phi) is 11.5. The summed E-state index contributed by atoms with van der Waals surface area (Å²) < 4.78 is 12.6. The van der Waals surface area contributed by atoms with Gasteiger partial charge in [-0.2, -0.15) is 0 Å². The molecule has 0 radical (unpaired) electrons. The third-order valence-corrected chi connectivity index (χ3v) is 16.1. The summed E-state index contributed by atoms with van der Waals surface area (Å²) in [6.07, 6.45) is 4.97. The van der Waals surface area contributed by atoms with Crippen molar-refractivity contribution in [3.8, 4) is 23.3 Å². The lowest BCUT2D eigenvalue weighted by Crippen LogP contribution is -2.71. The van der Waals surface area contributed by atoms with Gasteiger partial charge in [-0.1, -0.05) is 55.0 Å². The van der Waals surface area contributed by atoms with Gasteiger partial charge in [-0.25, -0.2) is 4.79 Å². The number of aromatic hydroxyl groups is 1. The van der Waals surface area contributed by atoms with Crippen LogP contribution in [0.1, 0.15) is 110 Å². The molecule has 3 aromatic carbocycles. The van der Waals surface area contributed by atoms with Gasteiger partial charge in [0, 0.05) is 60.5 Å². The van der Waals surface area contributed by atoms with Gasteiger partial charge in [0.1, 0.15) is 29.0 Å². The molecule has 11 heteroatoms. The molecule has 3 aliphatic heterocycles. The third-order valence-electron chi connectivity index (χ3n) is 16.1. The highest BCUT2D eigenvalue weighted by atomic mass is 16.6. The van der Waals surface area contributed by atoms with E-state index in [1.165, 1.54) is 12.1 Å². The maximum absolute atomic E-state index is 15.4. The zero-order valence-corrected chi connectivity index (χ0v) is 36.4. The number of anilines is 1. The smallest absolute Gasteiger partial charge is 0.334 e. The molecule has 0 saturated heterocycles. The number of ether oxygens (including phenoxy) is 2. The molecule has 13 atom stereocenters. The summed E-state index contributed by atoms with van der Waals surface area (Å²) in [7, 11) is 0. The van der Waals surface area contributed by atoms with Gasteiger partial charge < -0.3 is 40.3 Å². The Hall–Kier alpha value is -4.99. The number of benzene rings is 3. The van der Waals surface area contributed by atoms with Crippen LogP contribution < -0.4 is 10.1 Å². The fourth-order valence-corrected chi connectivity index (χ4v) is 13.5. The van der Waals surface area contributed by atoms with Gasteiger partial charge in [-0.15, -0.1) is 0 Å². The molecular weight excluding hydrogens is 811 g/mol. The molecule has 3 aromatic rings. The quantitative estimate of drug-likeness (QED) is 0.0976. The van der Waals surface area contributed by atoms with Crippen molar-refractivity contribution in [2.75, 3.05) is 11.9 Å². The first kappa shape index (κ1) is 42.9. The Labute approximate surface area is 374 Å². The number of carbonyl (C=O) groups is 3. The predicted octanol–water partition coefficient (Wildman–Crippen LogP) is 6.20. The topological polar surface area (TPSA) is 183 Å². The van der Waals surface area contributed by atoms with E-state index in [2.05, 4.69) is 23.2 Å². The molecule has 0 amide bonds. The Morgan fingerprint density at radius 2 is 1.67 bits per heavy atom. The minimum Gasteiger partial charge on any atom is -0.508 e. The molecule has 4 fully saturated rings. The van der Waals surface area contributed by atoms with Crippen LogP contribution in [0.3, 0.4) is 0 Å². The first-order chi connectivity index (χ1) is 30.9. The maximum atomic E-state index is 15.4. The van der Waals surface area contributed by atoms with E-state index >= 15 is 4.79 Å². The average molecular weight is 870 g/mol. The predicted molar refractivity (Wildman–Crippen MR) is 237 cm³/mol. The zero-order valence-electron chi connectivity index (χ0n) is 36.4. The average Bonchev–Trinajstić information content (AvgIpc) is 3.27. The largest absolute Gasteiger partial charge is 0.508 e. The Balaban J connectivity index is 1.19. The summed E-state index contributed by atoms with van der Waals surface area (Å²) in [6.45, 7) is 1.63. The molecule has 4 saturated carbocycles. The van der Waals surface area contributed by atoms with Gasteiger partial charge in [-0.3, -0.25) is 9.59 Å². The highest BCUT2D eigenvalue weighted by molar-refractivity contribution is 5.89. The summed E-state index contributed by atoms with van der Waals surface area (Å²) in [4.78, 5) is 42.9. The molecule has 6 N–H and O–H groups in total. The van der Waals surface area contributed by atoms with Crippen molar-refractivity contribution in [1.82, 2.24) is 0 Å². The van der Waals surface area contributed by atoms with Crippen molar-refractivity contribution in [1.29, 1.82) is 0 Å². The van der Waals surface area contributed by atoms with Crippen LogP contribution in [0.25, 0.3) is 0 Å². The lowest BCUT2D eigenvalue weighted by molar-refractivity contribution is -0.265. The molecule has 3 heterocycles. The Morgan fingerprint density at radius 1 is 0.875 bits per heavy atom. The number of Topliss-reactive ketones (excluding diaryl/α,β-unsaturated/α-hetero) is 1. The fourth-order valence-electron chi connectivity index (χ4n) is 13.5. The monoisotopic (exact) mass is 869 g/mol. The summed E-state index contributed by atoms with van der Waals surface area (Å²) in [5, 5.41) is 61.6. The van der Waals surface area contributed by atoms with Gasteiger partial charge in [-0.05, 0) is 133 Å². The SMILES string of the molecule is CC(O)CNc1cc(CO)cc(C2C#CC3CC(=O)Oc4cc(O)c(cc43)CC3OC(=O)C(=CC(O)Cc4cccc(c4)CC4C(=O)CC5CCC6C7CCCCC7C3(O)C5C46)C2)c1. The van der Waals surface area contributed by atoms with Gasteiger partial charge in [0.15, 0.2) is 0 Å². The van der Waals surface area contributed by atoms with E-state index in [1.807, 2.05) is 30.3 Å². The van der Waals surface area contributed by atoms with Crippen LogP contribution in [0, 0.1) is 53.3 Å². The van der Waals surface area contributed by atoms with E-state index in [-0.39, 0.29) is 103 Å². The first-order valence-electron chi connectivity index (χ1n) is 23.5. The molecule has 7 aliphatic rings. The number of phenolic OH excluding ortho intramolecular Hbond substituents is 1. The molecule has 0 aromatic heterocycles. The summed E-state index contributed by atoms with van der Waals surface area (Å²) >= 11 is 0. The number of carbonyl (C=O) groups excluding carboxylic acids is 3. The van der Waals surface area contributed by atoms with Crippen molar-refractivity contribution in [2.45, 2.75) is 126 Å². The third kappa shape index (κ3) is 7.84. The van der Waals surface area contributed by atoms with Gasteiger partial charge >= 0.3 is 11.9 Å². The molecule has 336 valence electrons. The standard InChI is InChI=1S/C53H59NO10/c1-28(56)26-54-38-15-31(27-55)14-35(19-38)32-9-10-33-24-49(60)63-47-25-45(58)36(21-42(33)47)23-48-53(62)44-8-3-2-7-40(44)41-12-11-34-22-46(59)43(50(41)51(34)53)17-30-6-4-5-29(13-30)16-39(57)20-37(18-32)52(61)64-48/h4-6,13-15,19-21,25,28,32-34,39-41,43-44,48,50-51,54-58,62H,2-3,7-8,11-12,16-18,22-24,26-27H2,1H3. The lowest BCUT2D eigenvalue weighted by Gasteiger charge is -2.66.